The number of hydrogen-bond acceptors (Lipinski definition) is 2. The van der Waals surface area contributed by atoms with Gasteiger partial charge in [0.2, 0.25) is 0 Å². The smallest absolute Gasteiger partial charge is 0.0336 e. The summed E-state index contributed by atoms with van der Waals surface area (Å²) in [5, 5.41) is 0. The van der Waals surface area contributed by atoms with Crippen molar-refractivity contribution in [2.24, 2.45) is 17.6 Å². The molecule has 0 heterocycles. The Hall–Kier alpha value is -0.0800. The van der Waals surface area contributed by atoms with Crippen LogP contribution in [0, 0.1) is 11.8 Å². The molecular weight excluding hydrogens is 172 g/mol. The molecule has 0 radical (unpaired) electrons. The lowest BCUT2D eigenvalue weighted by molar-refractivity contribution is -0.0123. The lowest BCUT2D eigenvalue weighted by Crippen LogP contribution is -2.61. The van der Waals surface area contributed by atoms with Crippen molar-refractivity contribution >= 4 is 0 Å². The third kappa shape index (κ3) is 1.82. The van der Waals surface area contributed by atoms with Gasteiger partial charge in [0, 0.05) is 18.6 Å². The first-order chi connectivity index (χ1) is 6.70. The molecule has 0 bridgehead atoms. The van der Waals surface area contributed by atoms with E-state index in [9.17, 15) is 0 Å². The van der Waals surface area contributed by atoms with Crippen molar-refractivity contribution in [1.29, 1.82) is 0 Å². The second-order valence-electron chi connectivity index (χ2n) is 5.42. The summed E-state index contributed by atoms with van der Waals surface area (Å²) in [7, 11) is 0. The molecule has 2 saturated carbocycles. The molecule has 0 aliphatic heterocycles. The van der Waals surface area contributed by atoms with Gasteiger partial charge < -0.3 is 5.73 Å². The minimum absolute atomic E-state index is 0.386. The van der Waals surface area contributed by atoms with Gasteiger partial charge in [0.15, 0.2) is 0 Å². The van der Waals surface area contributed by atoms with Crippen molar-refractivity contribution in [3.63, 3.8) is 0 Å². The Morgan fingerprint density at radius 3 is 2.36 bits per heavy atom. The van der Waals surface area contributed by atoms with E-state index in [2.05, 4.69) is 18.7 Å². The highest BCUT2D eigenvalue weighted by molar-refractivity contribution is 5.02. The highest BCUT2D eigenvalue weighted by atomic mass is 15.2. The van der Waals surface area contributed by atoms with Crippen molar-refractivity contribution < 1.29 is 0 Å². The Bertz CT molecular complexity index is 192. The van der Waals surface area contributed by atoms with E-state index >= 15 is 0 Å². The molecule has 0 aromatic rings. The number of hydrogen-bond donors (Lipinski definition) is 1. The first-order valence-electron chi connectivity index (χ1n) is 6.15. The maximum atomic E-state index is 5.96. The van der Waals surface area contributed by atoms with Gasteiger partial charge in [-0.3, -0.25) is 4.90 Å². The second-order valence-corrected chi connectivity index (χ2v) is 5.42. The maximum absolute atomic E-state index is 5.96. The van der Waals surface area contributed by atoms with E-state index in [1.54, 1.807) is 0 Å². The topological polar surface area (TPSA) is 29.3 Å². The average Bonchev–Trinajstić information content (AvgIpc) is 2.92. The fourth-order valence-corrected chi connectivity index (χ4v) is 3.06. The van der Waals surface area contributed by atoms with Crippen molar-refractivity contribution in [2.45, 2.75) is 45.1 Å². The minimum Gasteiger partial charge on any atom is -0.329 e. The number of nitrogens with two attached hydrogens (primary N) is 1. The number of rotatable bonds is 5. The molecule has 0 saturated heterocycles. The Morgan fingerprint density at radius 1 is 1.36 bits per heavy atom. The SMILES string of the molecule is CCN(CC1CC1)C1(CN)CC(C)C1. The van der Waals surface area contributed by atoms with Gasteiger partial charge in [0.1, 0.15) is 0 Å². The Labute approximate surface area is 87.8 Å². The lowest BCUT2D eigenvalue weighted by atomic mass is 9.68. The maximum Gasteiger partial charge on any atom is 0.0336 e. The van der Waals surface area contributed by atoms with Crippen LogP contribution in [0.3, 0.4) is 0 Å². The van der Waals surface area contributed by atoms with Crippen LogP contribution in [0.5, 0.6) is 0 Å². The van der Waals surface area contributed by atoms with Gasteiger partial charge in [-0.05, 0) is 44.1 Å². The molecule has 2 aliphatic rings. The second kappa shape index (κ2) is 3.82. The fraction of sp³-hybridized carbons (Fsp3) is 1.00. The zero-order valence-corrected chi connectivity index (χ0v) is 9.63. The van der Waals surface area contributed by atoms with Crippen LogP contribution in [0.25, 0.3) is 0 Å². The van der Waals surface area contributed by atoms with Crippen LogP contribution >= 0.6 is 0 Å². The van der Waals surface area contributed by atoms with Crippen molar-refractivity contribution in [3.05, 3.63) is 0 Å². The molecule has 2 N–H and O–H groups in total. The quantitative estimate of drug-likeness (QED) is 0.727. The van der Waals surface area contributed by atoms with E-state index in [4.69, 9.17) is 5.73 Å². The Kier molecular flexibility index (Phi) is 2.85. The number of nitrogens with zero attached hydrogens (tertiary/aromatic N) is 1. The normalized spacial score (nSPS) is 37.3. The Balaban J connectivity index is 1.93. The molecule has 0 aromatic heterocycles. The summed E-state index contributed by atoms with van der Waals surface area (Å²) in [6.07, 6.45) is 5.55. The predicted molar refractivity (Wildman–Crippen MR) is 60.2 cm³/mol. The van der Waals surface area contributed by atoms with Crippen LogP contribution in [0.15, 0.2) is 0 Å². The van der Waals surface area contributed by atoms with Crippen molar-refractivity contribution in [2.75, 3.05) is 19.6 Å². The van der Waals surface area contributed by atoms with Gasteiger partial charge in [-0.15, -0.1) is 0 Å². The zero-order valence-electron chi connectivity index (χ0n) is 9.63. The van der Waals surface area contributed by atoms with E-state index in [-0.39, 0.29) is 0 Å². The molecule has 2 aliphatic carbocycles. The van der Waals surface area contributed by atoms with Gasteiger partial charge in [0.25, 0.3) is 0 Å². The van der Waals surface area contributed by atoms with Crippen LogP contribution in [-0.4, -0.2) is 30.1 Å². The summed E-state index contributed by atoms with van der Waals surface area (Å²) in [6, 6.07) is 0. The van der Waals surface area contributed by atoms with E-state index in [0.29, 0.717) is 5.54 Å². The van der Waals surface area contributed by atoms with Crippen LogP contribution < -0.4 is 5.73 Å². The minimum atomic E-state index is 0.386. The van der Waals surface area contributed by atoms with Crippen LogP contribution in [0.4, 0.5) is 0 Å². The molecule has 0 spiro atoms. The summed E-state index contributed by atoms with van der Waals surface area (Å²) in [4.78, 5) is 2.66. The predicted octanol–water partition coefficient (Wildman–Crippen LogP) is 1.85. The summed E-state index contributed by atoms with van der Waals surface area (Å²) in [5.74, 6) is 1.89. The van der Waals surface area contributed by atoms with Crippen molar-refractivity contribution in [1.82, 2.24) is 4.90 Å². The molecule has 2 rings (SSSR count). The Morgan fingerprint density at radius 2 is 2.00 bits per heavy atom. The van der Waals surface area contributed by atoms with Gasteiger partial charge >= 0.3 is 0 Å². The summed E-state index contributed by atoms with van der Waals surface area (Å²) >= 11 is 0. The molecular formula is C12H24N2. The van der Waals surface area contributed by atoms with E-state index in [0.717, 1.165) is 18.4 Å². The van der Waals surface area contributed by atoms with E-state index < -0.39 is 0 Å². The van der Waals surface area contributed by atoms with Crippen molar-refractivity contribution in [3.8, 4) is 0 Å². The van der Waals surface area contributed by atoms with Gasteiger partial charge in [-0.2, -0.15) is 0 Å². The molecule has 2 nitrogen and oxygen atoms in total. The molecule has 14 heavy (non-hydrogen) atoms. The zero-order chi connectivity index (χ0) is 10.2. The monoisotopic (exact) mass is 196 g/mol. The van der Waals surface area contributed by atoms with Gasteiger partial charge in [0.05, 0.1) is 0 Å². The summed E-state index contributed by atoms with van der Waals surface area (Å²) in [5.41, 5.74) is 6.35. The standard InChI is InChI=1S/C12H24N2/c1-3-14(8-11-4-5-11)12(9-13)6-10(2)7-12/h10-11H,3-9,13H2,1-2H3. The van der Waals surface area contributed by atoms with Gasteiger partial charge in [-0.1, -0.05) is 13.8 Å². The molecule has 0 atom stereocenters. The summed E-state index contributed by atoms with van der Waals surface area (Å²) < 4.78 is 0. The highest BCUT2D eigenvalue weighted by Gasteiger charge is 2.45. The summed E-state index contributed by atoms with van der Waals surface area (Å²) in [6.45, 7) is 7.97. The van der Waals surface area contributed by atoms with Gasteiger partial charge in [-0.25, -0.2) is 0 Å². The van der Waals surface area contributed by atoms with E-state index in [1.807, 2.05) is 0 Å². The molecule has 0 unspecified atom stereocenters. The molecule has 0 amide bonds. The third-order valence-corrected chi connectivity index (χ3v) is 4.06. The number of likely N-dealkylation sites (N-methyl/N-ethyl adjacent to an activating group) is 1. The van der Waals surface area contributed by atoms with Crippen LogP contribution in [0.2, 0.25) is 0 Å². The lowest BCUT2D eigenvalue weighted by Gasteiger charge is -2.53. The van der Waals surface area contributed by atoms with E-state index in [1.165, 1.54) is 38.8 Å². The van der Waals surface area contributed by atoms with Crippen LogP contribution in [0.1, 0.15) is 39.5 Å². The first kappa shape index (κ1) is 10.4. The van der Waals surface area contributed by atoms with Crippen LogP contribution in [-0.2, 0) is 0 Å². The average molecular weight is 196 g/mol. The molecule has 82 valence electrons. The fourth-order valence-electron chi connectivity index (χ4n) is 3.06. The first-order valence-corrected chi connectivity index (χ1v) is 6.15. The largest absolute Gasteiger partial charge is 0.329 e. The molecule has 0 aromatic carbocycles. The third-order valence-electron chi connectivity index (χ3n) is 4.06. The molecule has 2 heteroatoms. The molecule has 2 fully saturated rings. The highest BCUT2D eigenvalue weighted by Crippen LogP contribution is 2.43.